The van der Waals surface area contributed by atoms with Crippen molar-refractivity contribution in [2.75, 3.05) is 37.7 Å². The van der Waals surface area contributed by atoms with Crippen LogP contribution in [0.3, 0.4) is 0 Å². The van der Waals surface area contributed by atoms with E-state index < -0.39 is 0 Å². The van der Waals surface area contributed by atoms with E-state index in [4.69, 9.17) is 11.6 Å². The zero-order valence-electron chi connectivity index (χ0n) is 13.0. The monoisotopic (exact) mass is 324 g/mol. The number of nitrogens with zero attached hydrogens (tertiary/aromatic N) is 1. The molecular formula is C17H25ClN2S. The summed E-state index contributed by atoms with van der Waals surface area (Å²) in [5, 5.41) is 4.65. The summed E-state index contributed by atoms with van der Waals surface area (Å²) in [7, 11) is 0. The number of thioether (sulfide) groups is 1. The van der Waals surface area contributed by atoms with Crippen LogP contribution in [0.5, 0.6) is 0 Å². The summed E-state index contributed by atoms with van der Waals surface area (Å²) in [6.45, 7) is 9.41. The molecule has 1 saturated heterocycles. The number of rotatable bonds is 4. The van der Waals surface area contributed by atoms with Gasteiger partial charge < -0.3 is 10.2 Å². The van der Waals surface area contributed by atoms with Gasteiger partial charge in [-0.2, -0.15) is 11.8 Å². The summed E-state index contributed by atoms with van der Waals surface area (Å²) >= 11 is 8.27. The highest BCUT2D eigenvalue weighted by Gasteiger charge is 2.38. The molecular weight excluding hydrogens is 300 g/mol. The van der Waals surface area contributed by atoms with Crippen molar-refractivity contribution in [3.63, 3.8) is 0 Å². The van der Waals surface area contributed by atoms with Crippen LogP contribution in [-0.2, 0) is 6.42 Å². The average Bonchev–Trinajstić information content (AvgIpc) is 2.71. The molecule has 0 bridgehead atoms. The van der Waals surface area contributed by atoms with Crippen molar-refractivity contribution in [1.82, 2.24) is 10.2 Å². The third-order valence-corrected chi connectivity index (χ3v) is 5.90. The van der Waals surface area contributed by atoms with E-state index in [2.05, 4.69) is 48.0 Å². The lowest BCUT2D eigenvalue weighted by molar-refractivity contribution is 0.244. The van der Waals surface area contributed by atoms with E-state index in [-0.39, 0.29) is 5.41 Å². The molecule has 0 saturated carbocycles. The van der Waals surface area contributed by atoms with Crippen molar-refractivity contribution in [2.24, 2.45) is 5.41 Å². The quantitative estimate of drug-likeness (QED) is 0.911. The lowest BCUT2D eigenvalue weighted by Crippen LogP contribution is -2.40. The number of hydrogen-bond donors (Lipinski definition) is 1. The predicted molar refractivity (Wildman–Crippen MR) is 93.4 cm³/mol. The zero-order chi connectivity index (χ0) is 14.9. The minimum Gasteiger partial charge on any atom is -0.308 e. The van der Waals surface area contributed by atoms with E-state index >= 15 is 0 Å². The van der Waals surface area contributed by atoms with Gasteiger partial charge in [-0.15, -0.1) is 0 Å². The summed E-state index contributed by atoms with van der Waals surface area (Å²) in [4.78, 5) is 2.57. The van der Waals surface area contributed by atoms with Gasteiger partial charge in [0.1, 0.15) is 0 Å². The Bertz CT molecular complexity index is 498. The van der Waals surface area contributed by atoms with E-state index in [1.54, 1.807) is 0 Å². The summed E-state index contributed by atoms with van der Waals surface area (Å²) in [6, 6.07) is 6.79. The van der Waals surface area contributed by atoms with Crippen molar-refractivity contribution in [3.8, 4) is 0 Å². The van der Waals surface area contributed by atoms with Crippen LogP contribution in [0.4, 0.5) is 0 Å². The largest absolute Gasteiger partial charge is 0.308 e. The molecule has 1 aliphatic carbocycles. The Hall–Kier alpha value is -0.220. The molecule has 0 amide bonds. The Balaban J connectivity index is 1.62. The second-order valence-corrected chi connectivity index (χ2v) is 8.51. The Morgan fingerprint density at radius 2 is 2.10 bits per heavy atom. The molecule has 1 unspecified atom stereocenters. The highest BCUT2D eigenvalue weighted by atomic mass is 35.5. The fourth-order valence-electron chi connectivity index (χ4n) is 3.59. The first-order chi connectivity index (χ1) is 10.1. The first kappa shape index (κ1) is 15.7. The Morgan fingerprint density at radius 3 is 2.86 bits per heavy atom. The van der Waals surface area contributed by atoms with E-state index in [0.717, 1.165) is 24.5 Å². The number of hydrogen-bond acceptors (Lipinski definition) is 3. The predicted octanol–water partition coefficient (Wildman–Crippen LogP) is 3.60. The molecule has 0 radical (unpaired) electrons. The highest BCUT2D eigenvalue weighted by Crippen LogP contribution is 2.45. The molecule has 1 heterocycles. The first-order valence-electron chi connectivity index (χ1n) is 7.88. The Kier molecular flexibility index (Phi) is 4.84. The van der Waals surface area contributed by atoms with Crippen molar-refractivity contribution >= 4 is 23.4 Å². The molecule has 0 aromatic heterocycles. The molecule has 4 heteroatoms. The summed E-state index contributed by atoms with van der Waals surface area (Å²) in [5.41, 5.74) is 3.13. The maximum atomic E-state index is 6.20. The molecule has 21 heavy (non-hydrogen) atoms. The smallest absolute Gasteiger partial charge is 0.0409 e. The van der Waals surface area contributed by atoms with E-state index in [0.29, 0.717) is 6.04 Å². The highest BCUT2D eigenvalue weighted by molar-refractivity contribution is 7.99. The van der Waals surface area contributed by atoms with Crippen LogP contribution in [0.25, 0.3) is 0 Å². The normalized spacial score (nSPS) is 25.0. The van der Waals surface area contributed by atoms with Crippen molar-refractivity contribution in [3.05, 3.63) is 34.3 Å². The van der Waals surface area contributed by atoms with Gasteiger partial charge in [0, 0.05) is 48.7 Å². The van der Waals surface area contributed by atoms with Gasteiger partial charge in [-0.1, -0.05) is 31.5 Å². The molecule has 0 spiro atoms. The standard InChI is InChI=1S/C17H25ClN2S/c1-17(2)12-13-3-4-14(18)11-15(13)16(17)19-5-6-20-7-9-21-10-8-20/h3-4,11,16,19H,5-10,12H2,1-2H3. The van der Waals surface area contributed by atoms with Gasteiger partial charge in [-0.25, -0.2) is 0 Å². The van der Waals surface area contributed by atoms with Crippen LogP contribution >= 0.6 is 23.4 Å². The fourth-order valence-corrected chi connectivity index (χ4v) is 4.75. The first-order valence-corrected chi connectivity index (χ1v) is 9.41. The second kappa shape index (κ2) is 6.49. The average molecular weight is 325 g/mol. The van der Waals surface area contributed by atoms with Gasteiger partial charge in [0.25, 0.3) is 0 Å². The fraction of sp³-hybridized carbons (Fsp3) is 0.647. The van der Waals surface area contributed by atoms with Crippen molar-refractivity contribution in [2.45, 2.75) is 26.3 Å². The second-order valence-electron chi connectivity index (χ2n) is 6.85. The number of benzene rings is 1. The topological polar surface area (TPSA) is 15.3 Å². The maximum Gasteiger partial charge on any atom is 0.0409 e. The number of nitrogens with one attached hydrogen (secondary N) is 1. The number of halogens is 1. The third kappa shape index (κ3) is 3.58. The molecule has 1 aromatic rings. The van der Waals surface area contributed by atoms with Gasteiger partial charge in [0.05, 0.1) is 0 Å². The Morgan fingerprint density at radius 1 is 1.33 bits per heavy atom. The lowest BCUT2D eigenvalue weighted by Gasteiger charge is -2.31. The van der Waals surface area contributed by atoms with Crippen LogP contribution in [0, 0.1) is 5.41 Å². The van der Waals surface area contributed by atoms with E-state index in [1.807, 2.05) is 6.07 Å². The van der Waals surface area contributed by atoms with Crippen LogP contribution in [-0.4, -0.2) is 42.6 Å². The van der Waals surface area contributed by atoms with Crippen LogP contribution in [0.1, 0.15) is 31.0 Å². The van der Waals surface area contributed by atoms with Crippen LogP contribution in [0.15, 0.2) is 18.2 Å². The van der Waals surface area contributed by atoms with Gasteiger partial charge in [-0.3, -0.25) is 0 Å². The van der Waals surface area contributed by atoms with Gasteiger partial charge in [0.2, 0.25) is 0 Å². The van der Waals surface area contributed by atoms with Crippen LogP contribution in [0.2, 0.25) is 5.02 Å². The molecule has 1 atom stereocenters. The maximum absolute atomic E-state index is 6.20. The van der Waals surface area contributed by atoms with Gasteiger partial charge >= 0.3 is 0 Å². The molecule has 1 aliphatic heterocycles. The SMILES string of the molecule is CC1(C)Cc2ccc(Cl)cc2C1NCCN1CCSCC1. The summed E-state index contributed by atoms with van der Waals surface area (Å²) < 4.78 is 0. The zero-order valence-corrected chi connectivity index (χ0v) is 14.6. The Labute approximate surface area is 137 Å². The summed E-state index contributed by atoms with van der Waals surface area (Å²) in [6.07, 6.45) is 1.14. The minimum absolute atomic E-state index is 0.269. The number of fused-ring (bicyclic) bond motifs is 1. The minimum atomic E-state index is 0.269. The molecule has 1 fully saturated rings. The van der Waals surface area contributed by atoms with Crippen molar-refractivity contribution < 1.29 is 0 Å². The van der Waals surface area contributed by atoms with Crippen LogP contribution < -0.4 is 5.32 Å². The lowest BCUT2D eigenvalue weighted by atomic mass is 9.85. The van der Waals surface area contributed by atoms with Gasteiger partial charge in [-0.05, 0) is 35.1 Å². The van der Waals surface area contributed by atoms with Gasteiger partial charge in [0.15, 0.2) is 0 Å². The van der Waals surface area contributed by atoms with Crippen molar-refractivity contribution in [1.29, 1.82) is 0 Å². The third-order valence-electron chi connectivity index (χ3n) is 4.73. The molecule has 2 nitrogen and oxygen atoms in total. The van der Waals surface area contributed by atoms with E-state index in [1.165, 1.54) is 35.7 Å². The molecule has 3 rings (SSSR count). The summed E-state index contributed by atoms with van der Waals surface area (Å²) in [5.74, 6) is 2.57. The molecule has 116 valence electrons. The molecule has 1 aromatic carbocycles. The molecule has 2 aliphatic rings. The van der Waals surface area contributed by atoms with E-state index in [9.17, 15) is 0 Å². The molecule has 1 N–H and O–H groups in total.